The summed E-state index contributed by atoms with van der Waals surface area (Å²) < 4.78 is 85.5. The van der Waals surface area contributed by atoms with E-state index >= 15 is 0 Å². The third-order valence-corrected chi connectivity index (χ3v) is 6.85. The molecule has 0 aromatic heterocycles. The normalized spacial score (nSPS) is 20.7. The highest BCUT2D eigenvalue weighted by atomic mass is 35.5. The Kier molecular flexibility index (Phi) is 9.53. The fourth-order valence-electron chi connectivity index (χ4n) is 4.88. The minimum Gasteiger partial charge on any atom is -0.444 e. The van der Waals surface area contributed by atoms with Crippen molar-refractivity contribution in [3.63, 3.8) is 0 Å². The number of halogens is 7. The van der Waals surface area contributed by atoms with Crippen LogP contribution in [-0.2, 0) is 30.1 Å². The molecule has 216 valence electrons. The van der Waals surface area contributed by atoms with Crippen LogP contribution in [0, 0.1) is 0 Å². The van der Waals surface area contributed by atoms with Gasteiger partial charge in [0.1, 0.15) is 5.60 Å². The number of likely N-dealkylation sites (tertiary alicyclic amines) is 1. The molecule has 0 aliphatic carbocycles. The molecule has 4 nitrogen and oxygen atoms in total. The van der Waals surface area contributed by atoms with Gasteiger partial charge in [0.2, 0.25) is 0 Å². The summed E-state index contributed by atoms with van der Waals surface area (Å²) in [5.74, 6) is 0. The fourth-order valence-corrected chi connectivity index (χ4v) is 5.00. The molecule has 3 rings (SSSR count). The summed E-state index contributed by atoms with van der Waals surface area (Å²) in [6.45, 7) is 7.07. The van der Waals surface area contributed by atoms with Crippen LogP contribution >= 0.6 is 11.6 Å². The molecule has 1 heterocycles. The minimum atomic E-state index is -4.91. The smallest absolute Gasteiger partial charge is 0.416 e. The zero-order valence-corrected chi connectivity index (χ0v) is 23.0. The predicted molar refractivity (Wildman–Crippen MR) is 137 cm³/mol. The van der Waals surface area contributed by atoms with Crippen molar-refractivity contribution in [2.24, 2.45) is 0 Å². The molecule has 0 bridgehead atoms. The monoisotopic (exact) mass is 578 g/mol. The molecule has 1 aliphatic heterocycles. The number of nitrogens with zero attached hydrogens (tertiary/aromatic N) is 1. The zero-order chi connectivity index (χ0) is 29.2. The first-order valence-corrected chi connectivity index (χ1v) is 13.1. The Labute approximate surface area is 229 Å². The number of piperidine rings is 1. The first-order valence-electron chi connectivity index (χ1n) is 12.7. The van der Waals surface area contributed by atoms with E-state index in [1.54, 1.807) is 37.8 Å². The van der Waals surface area contributed by atoms with Crippen molar-refractivity contribution in [1.82, 2.24) is 10.2 Å². The Hall–Kier alpha value is -2.46. The van der Waals surface area contributed by atoms with Crippen LogP contribution in [0.4, 0.5) is 31.1 Å². The number of rotatable bonds is 6. The van der Waals surface area contributed by atoms with Crippen LogP contribution < -0.4 is 5.32 Å². The van der Waals surface area contributed by atoms with Crippen LogP contribution in [0.25, 0.3) is 0 Å². The fraction of sp³-hybridized carbons (Fsp3) is 0.536. The molecule has 2 aromatic rings. The van der Waals surface area contributed by atoms with Gasteiger partial charge in [0.05, 0.1) is 11.1 Å². The number of carbonyl (C=O) groups excluding carboxylic acids is 1. The lowest BCUT2D eigenvalue weighted by Gasteiger charge is -2.45. The molecular weight excluding hydrogens is 546 g/mol. The number of nitrogens with one attached hydrogen (secondary N) is 1. The summed E-state index contributed by atoms with van der Waals surface area (Å²) in [7, 11) is 0. The second-order valence-corrected chi connectivity index (χ2v) is 11.3. The molecule has 0 spiro atoms. The van der Waals surface area contributed by atoms with Crippen molar-refractivity contribution in [2.75, 3.05) is 0 Å². The second kappa shape index (κ2) is 12.0. The van der Waals surface area contributed by atoms with Gasteiger partial charge in [-0.05, 0) is 87.9 Å². The maximum Gasteiger partial charge on any atom is 0.416 e. The van der Waals surface area contributed by atoms with Crippen molar-refractivity contribution < 1.29 is 35.9 Å². The number of hydrogen-bond donors (Lipinski definition) is 1. The van der Waals surface area contributed by atoms with Crippen molar-refractivity contribution >= 4 is 17.7 Å². The highest BCUT2D eigenvalue weighted by Gasteiger charge is 2.40. The molecule has 1 fully saturated rings. The van der Waals surface area contributed by atoms with E-state index in [1.165, 1.54) is 0 Å². The summed E-state index contributed by atoms with van der Waals surface area (Å²) in [5, 5.41) is 3.72. The molecule has 0 unspecified atom stereocenters. The summed E-state index contributed by atoms with van der Waals surface area (Å²) in [6.07, 6.45) is -8.30. The molecule has 11 heteroatoms. The molecule has 2 aromatic carbocycles. The average molecular weight is 579 g/mol. The Balaban J connectivity index is 1.86. The van der Waals surface area contributed by atoms with Gasteiger partial charge in [-0.1, -0.05) is 30.7 Å². The van der Waals surface area contributed by atoms with Gasteiger partial charge < -0.3 is 15.0 Å². The van der Waals surface area contributed by atoms with Crippen molar-refractivity contribution in [3.8, 4) is 0 Å². The van der Waals surface area contributed by atoms with Gasteiger partial charge in [-0.2, -0.15) is 26.3 Å². The molecule has 0 radical (unpaired) electrons. The Morgan fingerprint density at radius 2 is 1.46 bits per heavy atom. The minimum absolute atomic E-state index is 0.117. The lowest BCUT2D eigenvalue weighted by Crippen LogP contribution is -2.57. The molecule has 1 N–H and O–H groups in total. The van der Waals surface area contributed by atoms with E-state index < -0.39 is 35.2 Å². The third-order valence-electron chi connectivity index (χ3n) is 6.60. The number of alkyl halides is 6. The molecule has 39 heavy (non-hydrogen) atoms. The maximum atomic E-state index is 13.3. The second-order valence-electron chi connectivity index (χ2n) is 10.9. The van der Waals surface area contributed by atoms with Crippen LogP contribution in [0.15, 0.2) is 42.5 Å². The zero-order valence-electron chi connectivity index (χ0n) is 22.2. The number of amides is 1. The van der Waals surface area contributed by atoms with Gasteiger partial charge in [0.25, 0.3) is 0 Å². The number of carbonyl (C=O) groups is 1. The molecule has 1 saturated heterocycles. The molecule has 1 amide bonds. The summed E-state index contributed by atoms with van der Waals surface area (Å²) in [5.41, 5.74) is -2.59. The van der Waals surface area contributed by atoms with Crippen LogP contribution in [0.5, 0.6) is 0 Å². The first-order chi connectivity index (χ1) is 18.0. The lowest BCUT2D eigenvalue weighted by atomic mass is 9.87. The van der Waals surface area contributed by atoms with E-state index in [0.29, 0.717) is 30.7 Å². The standard InChI is InChI=1S/C28H33ClF6N2O2/c1-5-23-14-22(36-16-18-10-19(27(30,31)32)13-20(11-18)28(33,34)35)15-24(12-17-6-8-21(29)9-7-17)37(23)25(38)39-26(2,3)4/h6-11,13,22-24,36H,5,12,14-16H2,1-4H3/t22-,23+,24-/m0/s1. The van der Waals surface area contributed by atoms with Crippen molar-refractivity contribution in [2.45, 2.75) is 96.0 Å². The van der Waals surface area contributed by atoms with Gasteiger partial charge in [-0.3, -0.25) is 0 Å². The molecule has 3 atom stereocenters. The van der Waals surface area contributed by atoms with Crippen LogP contribution in [0.2, 0.25) is 5.02 Å². The Morgan fingerprint density at radius 1 is 0.923 bits per heavy atom. The quantitative estimate of drug-likeness (QED) is 0.351. The van der Waals surface area contributed by atoms with Crippen molar-refractivity contribution in [3.05, 3.63) is 69.7 Å². The molecule has 1 aliphatic rings. The van der Waals surface area contributed by atoms with E-state index in [9.17, 15) is 31.1 Å². The summed E-state index contributed by atoms with van der Waals surface area (Å²) >= 11 is 6.02. The van der Waals surface area contributed by atoms with Gasteiger partial charge in [-0.25, -0.2) is 4.79 Å². The van der Waals surface area contributed by atoms with E-state index in [-0.39, 0.29) is 36.3 Å². The van der Waals surface area contributed by atoms with E-state index in [1.807, 2.05) is 19.1 Å². The van der Waals surface area contributed by atoms with Crippen LogP contribution in [-0.4, -0.2) is 34.7 Å². The highest BCUT2D eigenvalue weighted by Crippen LogP contribution is 2.37. The lowest BCUT2D eigenvalue weighted by molar-refractivity contribution is -0.143. The van der Waals surface area contributed by atoms with Crippen molar-refractivity contribution in [1.29, 1.82) is 0 Å². The largest absolute Gasteiger partial charge is 0.444 e. The maximum absolute atomic E-state index is 13.3. The van der Waals surface area contributed by atoms with Crippen LogP contribution in [0.1, 0.15) is 69.2 Å². The van der Waals surface area contributed by atoms with Gasteiger partial charge in [0, 0.05) is 29.7 Å². The number of ether oxygens (including phenoxy) is 1. The van der Waals surface area contributed by atoms with E-state index in [2.05, 4.69) is 5.32 Å². The van der Waals surface area contributed by atoms with Gasteiger partial charge in [0.15, 0.2) is 0 Å². The van der Waals surface area contributed by atoms with E-state index in [0.717, 1.165) is 17.7 Å². The molecule has 0 saturated carbocycles. The average Bonchev–Trinajstić information content (AvgIpc) is 2.81. The predicted octanol–water partition coefficient (Wildman–Crippen LogP) is 8.26. The van der Waals surface area contributed by atoms with E-state index in [4.69, 9.17) is 16.3 Å². The summed E-state index contributed by atoms with van der Waals surface area (Å²) in [4.78, 5) is 15.0. The summed E-state index contributed by atoms with van der Waals surface area (Å²) in [6, 6.07) is 7.99. The Bertz CT molecular complexity index is 1100. The molecular formula is C28H33ClF6N2O2. The number of hydrogen-bond acceptors (Lipinski definition) is 3. The van der Waals surface area contributed by atoms with Gasteiger partial charge in [-0.15, -0.1) is 0 Å². The first kappa shape index (κ1) is 31.1. The highest BCUT2D eigenvalue weighted by molar-refractivity contribution is 6.30. The Morgan fingerprint density at radius 3 is 1.95 bits per heavy atom. The van der Waals surface area contributed by atoms with Crippen LogP contribution in [0.3, 0.4) is 0 Å². The topological polar surface area (TPSA) is 41.6 Å². The SMILES string of the molecule is CC[C@@H]1C[C@H](NCc2cc(C(F)(F)F)cc(C(F)(F)F)c2)C[C@H](Cc2ccc(Cl)cc2)N1C(=O)OC(C)(C)C. The third kappa shape index (κ3) is 8.76. The van der Waals surface area contributed by atoms with Gasteiger partial charge >= 0.3 is 18.4 Å². The number of benzene rings is 2.